The van der Waals surface area contributed by atoms with E-state index >= 15 is 0 Å². The van der Waals surface area contributed by atoms with Crippen molar-refractivity contribution in [2.24, 2.45) is 0 Å². The number of aromatic hydroxyl groups is 1. The van der Waals surface area contributed by atoms with Gasteiger partial charge in [0.1, 0.15) is 24.1 Å². The number of ether oxygens (including phenoxy) is 1. The Morgan fingerprint density at radius 3 is 2.53 bits per heavy atom. The fourth-order valence-corrected chi connectivity index (χ4v) is 2.79. The van der Waals surface area contributed by atoms with Crippen LogP contribution >= 0.6 is 0 Å². The van der Waals surface area contributed by atoms with Gasteiger partial charge in [0.15, 0.2) is 0 Å². The monoisotopic (exact) mass is 474 g/mol. The Bertz CT molecular complexity index is 943. The molecule has 1 aromatic carbocycles. The number of benzene rings is 1. The number of carboxylic acid groups (broad SMARTS) is 1. The molecule has 1 heterocycles. The van der Waals surface area contributed by atoms with Gasteiger partial charge in [0, 0.05) is 31.5 Å². The van der Waals surface area contributed by atoms with E-state index in [1.807, 2.05) is 6.92 Å². The highest BCUT2D eigenvalue weighted by Crippen LogP contribution is 2.23. The maximum atomic E-state index is 12.4. The second-order valence-corrected chi connectivity index (χ2v) is 7.23. The van der Waals surface area contributed by atoms with Crippen molar-refractivity contribution in [3.63, 3.8) is 0 Å². The predicted octanol–water partition coefficient (Wildman–Crippen LogP) is 1.35. The van der Waals surface area contributed by atoms with Crippen molar-refractivity contribution in [1.29, 1.82) is 0 Å². The van der Waals surface area contributed by atoms with Crippen LogP contribution in [0.4, 0.5) is 10.7 Å². The lowest BCUT2D eigenvalue weighted by Crippen LogP contribution is -2.51. The quantitative estimate of drug-likeness (QED) is 0.221. The molecule has 0 saturated heterocycles. The zero-order chi connectivity index (χ0) is 24.8. The summed E-state index contributed by atoms with van der Waals surface area (Å²) in [6, 6.07) is 3.88. The summed E-state index contributed by atoms with van der Waals surface area (Å²) in [5, 5.41) is 29.7. The summed E-state index contributed by atoms with van der Waals surface area (Å²) in [6.07, 6.45) is 5.95. The molecule has 0 aliphatic rings. The number of carbonyl (C=O) groups excluding carboxylic acids is 2. The number of rotatable bonds is 14. The Labute approximate surface area is 197 Å². The fraction of sp³-hybridized carbons (Fsp3) is 0.409. The molecule has 0 spiro atoms. The van der Waals surface area contributed by atoms with Gasteiger partial charge in [-0.2, -0.15) is 0 Å². The average Bonchev–Trinajstić information content (AvgIpc) is 2.82. The van der Waals surface area contributed by atoms with Gasteiger partial charge in [-0.3, -0.25) is 4.79 Å². The minimum Gasteiger partial charge on any atom is -0.507 e. The molecule has 0 radical (unpaired) electrons. The summed E-state index contributed by atoms with van der Waals surface area (Å²) in [7, 11) is 0. The van der Waals surface area contributed by atoms with Crippen molar-refractivity contribution in [3.8, 4) is 11.5 Å². The van der Waals surface area contributed by atoms with Gasteiger partial charge in [-0.25, -0.2) is 19.6 Å². The van der Waals surface area contributed by atoms with E-state index in [1.165, 1.54) is 18.2 Å². The van der Waals surface area contributed by atoms with Crippen LogP contribution in [0, 0.1) is 0 Å². The number of hydrogen-bond donors (Lipinski definition) is 6. The van der Waals surface area contributed by atoms with Crippen molar-refractivity contribution in [2.45, 2.75) is 32.2 Å². The van der Waals surface area contributed by atoms with Gasteiger partial charge >= 0.3 is 12.0 Å². The number of carbonyl (C=O) groups is 3. The molecule has 0 unspecified atom stereocenters. The minimum atomic E-state index is -1.33. The van der Waals surface area contributed by atoms with E-state index in [0.29, 0.717) is 24.8 Å². The molecule has 3 amide bonds. The van der Waals surface area contributed by atoms with E-state index in [4.69, 9.17) is 4.74 Å². The number of amides is 3. The lowest BCUT2D eigenvalue weighted by Gasteiger charge is -2.16. The van der Waals surface area contributed by atoms with Crippen LogP contribution in [0.2, 0.25) is 0 Å². The first-order valence-corrected chi connectivity index (χ1v) is 10.9. The highest BCUT2D eigenvalue weighted by molar-refractivity contribution is 5.97. The smallest absolute Gasteiger partial charge is 0.328 e. The molecule has 12 nitrogen and oxygen atoms in total. The van der Waals surface area contributed by atoms with Crippen molar-refractivity contribution in [1.82, 2.24) is 25.9 Å². The lowest BCUT2D eigenvalue weighted by molar-refractivity contribution is -0.139. The zero-order valence-electron chi connectivity index (χ0n) is 18.9. The molecule has 0 aliphatic carbocycles. The van der Waals surface area contributed by atoms with Crippen LogP contribution in [-0.2, 0) is 4.79 Å². The molecular weight excluding hydrogens is 444 g/mol. The number of anilines is 1. The second-order valence-electron chi connectivity index (χ2n) is 7.23. The number of phenols is 1. The standard InChI is InChI=1S/C22H30N6O6/c1-2-3-4-8-26-22(33)28-17(20(31)32)14-27-19(30)16-7-6-15(13-18(16)29)34-12-11-25-21-23-9-5-10-24-21/h5-7,9-10,13,17,29H,2-4,8,11-12,14H2,1H3,(H,27,30)(H,31,32)(H,23,24,25)(H2,26,28,33)/t17-/m0/s1. The lowest BCUT2D eigenvalue weighted by atomic mass is 10.1. The Morgan fingerprint density at radius 1 is 1.09 bits per heavy atom. The van der Waals surface area contributed by atoms with Gasteiger partial charge in [0.2, 0.25) is 5.95 Å². The molecule has 1 aromatic heterocycles. The molecule has 0 saturated carbocycles. The third kappa shape index (κ3) is 9.18. The maximum Gasteiger partial charge on any atom is 0.328 e. The molecule has 184 valence electrons. The van der Waals surface area contributed by atoms with Gasteiger partial charge < -0.3 is 36.2 Å². The molecule has 2 aromatic rings. The van der Waals surface area contributed by atoms with Crippen LogP contribution in [-0.4, -0.2) is 70.4 Å². The predicted molar refractivity (Wildman–Crippen MR) is 124 cm³/mol. The number of urea groups is 1. The molecular formula is C22H30N6O6. The number of aliphatic carboxylic acids is 1. The number of phenolic OH excluding ortho intramolecular Hbond substituents is 1. The summed E-state index contributed by atoms with van der Waals surface area (Å²) < 4.78 is 5.52. The largest absolute Gasteiger partial charge is 0.507 e. The molecule has 0 bridgehead atoms. The second kappa shape index (κ2) is 14.1. The highest BCUT2D eigenvalue weighted by Gasteiger charge is 2.22. The Hall–Kier alpha value is -4.09. The summed E-state index contributed by atoms with van der Waals surface area (Å²) in [5.74, 6) is -1.52. The van der Waals surface area contributed by atoms with Crippen LogP contribution in [0.3, 0.4) is 0 Å². The third-order valence-corrected chi connectivity index (χ3v) is 4.57. The number of hydrogen-bond acceptors (Lipinski definition) is 8. The van der Waals surface area contributed by atoms with E-state index in [9.17, 15) is 24.6 Å². The van der Waals surface area contributed by atoms with Crippen LogP contribution in [0.5, 0.6) is 11.5 Å². The number of nitrogens with one attached hydrogen (secondary N) is 4. The van der Waals surface area contributed by atoms with Gasteiger partial charge in [-0.1, -0.05) is 19.8 Å². The first kappa shape index (κ1) is 26.2. The van der Waals surface area contributed by atoms with Gasteiger partial charge in [-0.15, -0.1) is 0 Å². The number of carboxylic acids is 1. The maximum absolute atomic E-state index is 12.4. The number of unbranched alkanes of at least 4 members (excludes halogenated alkanes) is 2. The van der Waals surface area contributed by atoms with Crippen LogP contribution in [0.1, 0.15) is 36.5 Å². The average molecular weight is 475 g/mol. The normalized spacial score (nSPS) is 11.2. The molecule has 0 fully saturated rings. The molecule has 34 heavy (non-hydrogen) atoms. The molecule has 2 rings (SSSR count). The third-order valence-electron chi connectivity index (χ3n) is 4.57. The molecule has 12 heteroatoms. The van der Waals surface area contributed by atoms with Crippen molar-refractivity contribution in [2.75, 3.05) is 31.6 Å². The molecule has 1 atom stereocenters. The Kier molecular flexibility index (Phi) is 10.9. The number of aromatic nitrogens is 2. The topological polar surface area (TPSA) is 175 Å². The van der Waals surface area contributed by atoms with E-state index < -0.39 is 23.9 Å². The zero-order valence-corrected chi connectivity index (χ0v) is 18.9. The Balaban J connectivity index is 1.80. The van der Waals surface area contributed by atoms with Crippen molar-refractivity contribution in [3.05, 3.63) is 42.2 Å². The van der Waals surface area contributed by atoms with Gasteiger partial charge in [-0.05, 0) is 24.6 Å². The first-order valence-electron chi connectivity index (χ1n) is 10.9. The van der Waals surface area contributed by atoms with E-state index in [1.54, 1.807) is 18.5 Å². The summed E-state index contributed by atoms with van der Waals surface area (Å²) in [4.78, 5) is 43.7. The molecule has 6 N–H and O–H groups in total. The van der Waals surface area contributed by atoms with Crippen LogP contribution < -0.4 is 26.0 Å². The SMILES string of the molecule is CCCCCNC(=O)N[C@@H](CNC(=O)c1ccc(OCCNc2ncccn2)cc1O)C(=O)O. The van der Waals surface area contributed by atoms with Gasteiger partial charge in [0.25, 0.3) is 5.91 Å². The Morgan fingerprint density at radius 2 is 1.85 bits per heavy atom. The fourth-order valence-electron chi connectivity index (χ4n) is 2.79. The van der Waals surface area contributed by atoms with E-state index in [-0.39, 0.29) is 24.5 Å². The van der Waals surface area contributed by atoms with Gasteiger partial charge in [0.05, 0.1) is 12.1 Å². The summed E-state index contributed by atoms with van der Waals surface area (Å²) >= 11 is 0. The van der Waals surface area contributed by atoms with E-state index in [2.05, 4.69) is 31.2 Å². The van der Waals surface area contributed by atoms with E-state index in [0.717, 1.165) is 19.3 Å². The minimum absolute atomic E-state index is 0.0590. The van der Waals surface area contributed by atoms with Crippen LogP contribution in [0.15, 0.2) is 36.7 Å². The summed E-state index contributed by atoms with van der Waals surface area (Å²) in [6.45, 7) is 2.78. The number of nitrogens with zero attached hydrogens (tertiary/aromatic N) is 2. The molecule has 0 aliphatic heterocycles. The van der Waals surface area contributed by atoms with Crippen LogP contribution in [0.25, 0.3) is 0 Å². The first-order chi connectivity index (χ1) is 16.4. The van der Waals surface area contributed by atoms with Crippen molar-refractivity contribution < 1.29 is 29.3 Å². The summed E-state index contributed by atoms with van der Waals surface area (Å²) in [5.41, 5.74) is -0.0590. The van der Waals surface area contributed by atoms with Crippen molar-refractivity contribution >= 4 is 23.9 Å². The highest BCUT2D eigenvalue weighted by atomic mass is 16.5.